The lowest BCUT2D eigenvalue weighted by molar-refractivity contribution is 0.166. The first kappa shape index (κ1) is 25.8. The number of aryl methyl sites for hydroxylation is 1. The summed E-state index contributed by atoms with van der Waals surface area (Å²) in [6.45, 7) is 3.63. The Morgan fingerprint density at radius 3 is 2.47 bits per heavy atom. The minimum Gasteiger partial charge on any atom is -0.473 e. The standard InChI is InChI=1S/C23H22FN5OS2.2H2O/c1-14-10-25-23(26-11-14)29-7-5-15(6-8-29)30-22-21-20(27-13-28-22)18(12-32-21)17-4-3-16(31-2)9-19(17)24;;/h3-4,9-13,15H,5-8H2,1-2H3;2*1H2. The molecule has 1 saturated heterocycles. The highest BCUT2D eigenvalue weighted by atomic mass is 32.2. The van der Waals surface area contributed by atoms with Crippen LogP contribution in [0.3, 0.4) is 0 Å². The lowest BCUT2D eigenvalue weighted by Crippen LogP contribution is -2.39. The number of hydrogen-bond acceptors (Lipinski definition) is 8. The SMILES string of the molecule is CSc1ccc(-c2csc3c(OC4CCN(c5ncc(C)cn5)CC4)ncnc23)c(F)c1.O.O. The van der Waals surface area contributed by atoms with Gasteiger partial charge in [-0.2, -0.15) is 0 Å². The maximum absolute atomic E-state index is 14.7. The first-order chi connectivity index (χ1) is 15.6. The van der Waals surface area contributed by atoms with Crippen molar-refractivity contribution >= 4 is 39.3 Å². The van der Waals surface area contributed by atoms with Gasteiger partial charge in [0.05, 0.1) is 5.52 Å². The summed E-state index contributed by atoms with van der Waals surface area (Å²) in [7, 11) is 0. The number of thioether (sulfide) groups is 1. The monoisotopic (exact) mass is 503 g/mol. The molecule has 4 N–H and O–H groups in total. The fraction of sp³-hybridized carbons (Fsp3) is 0.304. The van der Waals surface area contributed by atoms with Gasteiger partial charge in [0, 0.05) is 59.7 Å². The molecule has 0 amide bonds. The van der Waals surface area contributed by atoms with Crippen molar-refractivity contribution in [1.29, 1.82) is 0 Å². The van der Waals surface area contributed by atoms with Crippen molar-refractivity contribution in [3.63, 3.8) is 0 Å². The van der Waals surface area contributed by atoms with Crippen LogP contribution in [0, 0.1) is 12.7 Å². The van der Waals surface area contributed by atoms with Crippen molar-refractivity contribution in [2.45, 2.75) is 30.8 Å². The topological polar surface area (TPSA) is 127 Å². The summed E-state index contributed by atoms with van der Waals surface area (Å²) in [5.74, 6) is 1.08. The van der Waals surface area contributed by atoms with Crippen LogP contribution >= 0.6 is 23.1 Å². The molecule has 0 bridgehead atoms. The highest BCUT2D eigenvalue weighted by molar-refractivity contribution is 7.98. The Kier molecular flexibility index (Phi) is 8.37. The second-order valence-corrected chi connectivity index (χ2v) is 9.48. The molecule has 0 atom stereocenters. The lowest BCUT2D eigenvalue weighted by Gasteiger charge is -2.31. The molecule has 1 aromatic carbocycles. The Morgan fingerprint density at radius 2 is 1.79 bits per heavy atom. The second-order valence-electron chi connectivity index (χ2n) is 7.72. The summed E-state index contributed by atoms with van der Waals surface area (Å²) in [5.41, 5.74) is 3.09. The number of piperidine rings is 1. The van der Waals surface area contributed by atoms with Crippen molar-refractivity contribution in [3.05, 3.63) is 53.7 Å². The average Bonchev–Trinajstić information content (AvgIpc) is 3.25. The zero-order chi connectivity index (χ0) is 22.1. The van der Waals surface area contributed by atoms with E-state index in [1.807, 2.05) is 43.1 Å². The second kappa shape index (κ2) is 11.0. The van der Waals surface area contributed by atoms with Gasteiger partial charge in [0.15, 0.2) is 0 Å². The molecule has 11 heteroatoms. The maximum atomic E-state index is 14.7. The number of aromatic nitrogens is 4. The van der Waals surface area contributed by atoms with E-state index in [1.54, 1.807) is 6.07 Å². The Labute approximate surface area is 204 Å². The van der Waals surface area contributed by atoms with E-state index in [4.69, 9.17) is 4.74 Å². The van der Waals surface area contributed by atoms with E-state index in [2.05, 4.69) is 24.8 Å². The number of ether oxygens (including phenoxy) is 1. The molecule has 0 radical (unpaired) electrons. The smallest absolute Gasteiger partial charge is 0.235 e. The van der Waals surface area contributed by atoms with Gasteiger partial charge in [-0.1, -0.05) is 6.07 Å². The van der Waals surface area contributed by atoms with E-state index in [-0.39, 0.29) is 22.9 Å². The van der Waals surface area contributed by atoms with Crippen LogP contribution in [0.15, 0.2) is 47.2 Å². The van der Waals surface area contributed by atoms with Gasteiger partial charge in [-0.25, -0.2) is 24.3 Å². The van der Waals surface area contributed by atoms with E-state index in [0.29, 0.717) is 11.4 Å². The van der Waals surface area contributed by atoms with Crippen LogP contribution in [0.25, 0.3) is 21.3 Å². The van der Waals surface area contributed by atoms with Gasteiger partial charge in [0.1, 0.15) is 22.9 Å². The van der Waals surface area contributed by atoms with Gasteiger partial charge >= 0.3 is 0 Å². The molecular formula is C23H26FN5O3S2. The third-order valence-corrected chi connectivity index (χ3v) is 7.24. The number of fused-ring (bicyclic) bond motifs is 1. The van der Waals surface area contributed by atoms with Crippen LogP contribution in [0.5, 0.6) is 5.88 Å². The minimum atomic E-state index is -0.247. The number of rotatable bonds is 5. The van der Waals surface area contributed by atoms with Gasteiger partial charge < -0.3 is 20.6 Å². The predicted octanol–water partition coefficient (Wildman–Crippen LogP) is 3.72. The molecule has 0 saturated carbocycles. The third-order valence-electron chi connectivity index (χ3n) is 5.56. The molecule has 180 valence electrons. The van der Waals surface area contributed by atoms with Crippen LogP contribution in [0.2, 0.25) is 0 Å². The summed E-state index contributed by atoms with van der Waals surface area (Å²) in [6, 6.07) is 5.30. The van der Waals surface area contributed by atoms with Gasteiger partial charge in [0.25, 0.3) is 0 Å². The summed E-state index contributed by atoms with van der Waals surface area (Å²) >= 11 is 3.01. The van der Waals surface area contributed by atoms with Crippen LogP contribution in [-0.4, -0.2) is 56.3 Å². The summed E-state index contributed by atoms with van der Waals surface area (Å²) < 4.78 is 21.8. The molecule has 34 heavy (non-hydrogen) atoms. The summed E-state index contributed by atoms with van der Waals surface area (Å²) in [5, 5.41) is 1.93. The van der Waals surface area contributed by atoms with E-state index in [1.165, 1.54) is 29.4 Å². The molecule has 0 unspecified atom stereocenters. The summed E-state index contributed by atoms with van der Waals surface area (Å²) in [6.07, 6.45) is 8.87. The Morgan fingerprint density at radius 1 is 1.06 bits per heavy atom. The Hall–Kier alpha value is -2.86. The van der Waals surface area contributed by atoms with Gasteiger partial charge in [-0.05, 0) is 30.9 Å². The normalized spacial score (nSPS) is 13.9. The van der Waals surface area contributed by atoms with Crippen molar-refractivity contribution in [2.75, 3.05) is 24.2 Å². The molecule has 1 fully saturated rings. The van der Waals surface area contributed by atoms with Crippen molar-refractivity contribution in [1.82, 2.24) is 19.9 Å². The van der Waals surface area contributed by atoms with Crippen LogP contribution in [0.1, 0.15) is 18.4 Å². The van der Waals surface area contributed by atoms with Gasteiger partial charge in [-0.15, -0.1) is 23.1 Å². The number of hydrogen-bond donors (Lipinski definition) is 0. The van der Waals surface area contributed by atoms with E-state index < -0.39 is 0 Å². The molecular weight excluding hydrogens is 477 g/mol. The largest absolute Gasteiger partial charge is 0.473 e. The van der Waals surface area contributed by atoms with Crippen LogP contribution in [0.4, 0.5) is 10.3 Å². The lowest BCUT2D eigenvalue weighted by atomic mass is 10.1. The minimum absolute atomic E-state index is 0. The number of halogens is 1. The molecule has 0 aliphatic carbocycles. The fourth-order valence-electron chi connectivity index (χ4n) is 3.83. The predicted molar refractivity (Wildman–Crippen MR) is 134 cm³/mol. The first-order valence-corrected chi connectivity index (χ1v) is 12.5. The van der Waals surface area contributed by atoms with Crippen LogP contribution < -0.4 is 9.64 Å². The zero-order valence-corrected chi connectivity index (χ0v) is 20.4. The highest BCUT2D eigenvalue weighted by Gasteiger charge is 2.24. The molecule has 4 heterocycles. The van der Waals surface area contributed by atoms with E-state index in [9.17, 15) is 4.39 Å². The number of anilines is 1. The third kappa shape index (κ3) is 5.12. The molecule has 1 aliphatic heterocycles. The summed E-state index contributed by atoms with van der Waals surface area (Å²) in [4.78, 5) is 20.7. The molecule has 3 aromatic heterocycles. The molecule has 8 nitrogen and oxygen atoms in total. The van der Waals surface area contributed by atoms with Crippen LogP contribution in [-0.2, 0) is 0 Å². The van der Waals surface area contributed by atoms with Crippen molar-refractivity contribution in [2.24, 2.45) is 0 Å². The number of benzene rings is 1. The molecule has 4 aromatic rings. The zero-order valence-electron chi connectivity index (χ0n) is 18.8. The Bertz CT molecular complexity index is 1250. The Balaban J connectivity index is 0.00000162. The van der Waals surface area contributed by atoms with E-state index >= 15 is 0 Å². The van der Waals surface area contributed by atoms with Gasteiger partial charge in [0.2, 0.25) is 11.8 Å². The van der Waals surface area contributed by atoms with Gasteiger partial charge in [-0.3, -0.25) is 0 Å². The molecule has 5 rings (SSSR count). The number of nitrogens with zero attached hydrogens (tertiary/aromatic N) is 5. The van der Waals surface area contributed by atoms with Crippen molar-refractivity contribution in [3.8, 4) is 17.0 Å². The first-order valence-electron chi connectivity index (χ1n) is 10.4. The number of thiophene rings is 1. The molecule has 1 aliphatic rings. The van der Waals surface area contributed by atoms with E-state index in [0.717, 1.165) is 58.1 Å². The van der Waals surface area contributed by atoms with Crippen molar-refractivity contribution < 1.29 is 20.1 Å². The highest BCUT2D eigenvalue weighted by Crippen LogP contribution is 2.38. The molecule has 0 spiro atoms. The fourth-order valence-corrected chi connectivity index (χ4v) is 5.20. The quantitative estimate of drug-likeness (QED) is 0.380. The average molecular weight is 504 g/mol. The maximum Gasteiger partial charge on any atom is 0.235 e.